The Labute approximate surface area is 318 Å². The number of benzene rings is 2. The van der Waals surface area contributed by atoms with Crippen molar-refractivity contribution < 1.29 is 24.0 Å². The summed E-state index contributed by atoms with van der Waals surface area (Å²) in [5.74, 6) is -1.13. The summed E-state index contributed by atoms with van der Waals surface area (Å²) in [5, 5.41) is 11.8. The van der Waals surface area contributed by atoms with Crippen molar-refractivity contribution in [2.24, 2.45) is 11.3 Å². The van der Waals surface area contributed by atoms with E-state index < -0.39 is 29.9 Å². The van der Waals surface area contributed by atoms with Crippen LogP contribution in [0, 0.1) is 11.3 Å². The van der Waals surface area contributed by atoms with Gasteiger partial charge in [-0.15, -0.1) is 0 Å². The van der Waals surface area contributed by atoms with Crippen molar-refractivity contribution >= 4 is 35.5 Å². The van der Waals surface area contributed by atoms with Gasteiger partial charge in [-0.2, -0.15) is 0 Å². The zero-order chi connectivity index (χ0) is 38.7. The molecule has 1 saturated heterocycles. The summed E-state index contributed by atoms with van der Waals surface area (Å²) >= 11 is 0. The molecule has 5 rings (SSSR count). The molecule has 1 aliphatic carbocycles. The molecule has 12 nitrogen and oxygen atoms in total. The number of pyridine rings is 1. The number of piperidine rings is 1. The molecule has 288 valence electrons. The molecule has 0 unspecified atom stereocenters. The smallest absolute Gasteiger partial charge is 0.318 e. The third-order valence-corrected chi connectivity index (χ3v) is 10.2. The van der Waals surface area contributed by atoms with Crippen molar-refractivity contribution in [3.63, 3.8) is 0 Å². The molecule has 0 saturated carbocycles. The third-order valence-electron chi connectivity index (χ3n) is 10.2. The minimum Gasteiger partial charge on any atom is -0.355 e. The number of likely N-dealkylation sites (tertiary alicyclic amines) is 1. The van der Waals surface area contributed by atoms with Crippen LogP contribution in [0.15, 0.2) is 79.0 Å². The molecule has 1 fully saturated rings. The average Bonchev–Trinajstić information content (AvgIpc) is 3.18. The molecule has 6 amide bonds. The Morgan fingerprint density at radius 2 is 1.56 bits per heavy atom. The maximum Gasteiger partial charge on any atom is 0.318 e. The van der Waals surface area contributed by atoms with Crippen molar-refractivity contribution in [2.75, 3.05) is 31.6 Å². The molecule has 2 aliphatic rings. The van der Waals surface area contributed by atoms with Gasteiger partial charge in [0, 0.05) is 38.8 Å². The van der Waals surface area contributed by atoms with Crippen LogP contribution < -0.4 is 26.2 Å². The van der Waals surface area contributed by atoms with Gasteiger partial charge < -0.3 is 26.2 Å². The Bertz CT molecular complexity index is 1740. The van der Waals surface area contributed by atoms with E-state index in [1.807, 2.05) is 75.4 Å². The Hall–Kier alpha value is -5.26. The Morgan fingerprint density at radius 3 is 2.26 bits per heavy atom. The summed E-state index contributed by atoms with van der Waals surface area (Å²) in [4.78, 5) is 75.6. The van der Waals surface area contributed by atoms with Crippen LogP contribution in [0.2, 0.25) is 0 Å². The van der Waals surface area contributed by atoms with Crippen molar-refractivity contribution in [3.05, 3.63) is 95.7 Å². The number of nitrogens with zero attached hydrogens (tertiary/aromatic N) is 3. The van der Waals surface area contributed by atoms with E-state index in [9.17, 15) is 24.0 Å². The molecular weight excluding hydrogens is 683 g/mol. The first-order chi connectivity index (χ1) is 25.9. The van der Waals surface area contributed by atoms with Gasteiger partial charge in [0.1, 0.15) is 17.9 Å². The van der Waals surface area contributed by atoms with Gasteiger partial charge >= 0.3 is 6.03 Å². The van der Waals surface area contributed by atoms with E-state index in [1.54, 1.807) is 30.3 Å². The van der Waals surface area contributed by atoms with Crippen LogP contribution in [0.5, 0.6) is 0 Å². The van der Waals surface area contributed by atoms with Gasteiger partial charge in [-0.25, -0.2) is 9.78 Å². The number of hydrogen-bond acceptors (Lipinski definition) is 6. The molecule has 54 heavy (non-hydrogen) atoms. The number of rotatable bonds is 13. The van der Waals surface area contributed by atoms with Gasteiger partial charge in [0.15, 0.2) is 0 Å². The van der Waals surface area contributed by atoms with Crippen molar-refractivity contribution in [2.45, 2.75) is 90.3 Å². The number of aryl methyl sites for hydroxylation is 2. The largest absolute Gasteiger partial charge is 0.355 e. The fraction of sp³-hybridized carbons (Fsp3) is 0.476. The van der Waals surface area contributed by atoms with E-state index in [1.165, 1.54) is 10.5 Å². The maximum absolute atomic E-state index is 14.1. The zero-order valence-corrected chi connectivity index (χ0v) is 32.0. The van der Waals surface area contributed by atoms with E-state index in [0.717, 1.165) is 30.4 Å². The minimum atomic E-state index is -1.24. The van der Waals surface area contributed by atoms with E-state index in [-0.39, 0.29) is 35.6 Å². The van der Waals surface area contributed by atoms with Gasteiger partial charge in [-0.1, -0.05) is 81.4 Å². The van der Waals surface area contributed by atoms with Gasteiger partial charge in [0.2, 0.25) is 23.6 Å². The monoisotopic (exact) mass is 737 g/mol. The topological polar surface area (TPSA) is 153 Å². The molecule has 1 aliphatic heterocycles. The normalized spacial score (nSPS) is 17.0. The highest BCUT2D eigenvalue weighted by Crippen LogP contribution is 2.29. The van der Waals surface area contributed by atoms with Crippen LogP contribution >= 0.6 is 0 Å². The number of aromatic nitrogens is 1. The lowest BCUT2D eigenvalue weighted by atomic mass is 9.87. The number of anilines is 1. The zero-order valence-electron chi connectivity index (χ0n) is 32.0. The highest BCUT2D eigenvalue weighted by atomic mass is 16.2. The second kappa shape index (κ2) is 18.7. The van der Waals surface area contributed by atoms with E-state index in [4.69, 9.17) is 0 Å². The molecular formula is C42H55N7O5. The number of carbonyl (C=O) groups is 5. The lowest BCUT2D eigenvalue weighted by molar-refractivity contribution is -0.132. The molecule has 0 bridgehead atoms. The Morgan fingerprint density at radius 1 is 0.852 bits per heavy atom. The molecule has 0 radical (unpaired) electrons. The summed E-state index contributed by atoms with van der Waals surface area (Å²) in [6, 6.07) is 20.4. The second-order valence-electron chi connectivity index (χ2n) is 15.6. The van der Waals surface area contributed by atoms with Crippen molar-refractivity contribution in [3.8, 4) is 0 Å². The van der Waals surface area contributed by atoms with Crippen molar-refractivity contribution in [1.29, 1.82) is 0 Å². The molecule has 3 atom stereocenters. The number of fused-ring (bicyclic) bond motifs is 1. The van der Waals surface area contributed by atoms with Gasteiger partial charge in [0.25, 0.3) is 0 Å². The number of nitrogens with one attached hydrogen (secondary N) is 4. The number of urea groups is 1. The van der Waals surface area contributed by atoms with Gasteiger partial charge in [-0.3, -0.25) is 24.1 Å². The molecule has 4 N–H and O–H groups in total. The molecule has 3 aromatic rings. The lowest BCUT2D eigenvalue weighted by Crippen LogP contribution is -2.57. The van der Waals surface area contributed by atoms with Crippen molar-refractivity contribution in [1.82, 2.24) is 31.2 Å². The average molecular weight is 738 g/mol. The fourth-order valence-electron chi connectivity index (χ4n) is 7.01. The third kappa shape index (κ3) is 11.4. The standard InChI is InChI=1S/C42H55N7O5/c1-42(2,3)28-44-37(50)27-35(47-41(54)49-25-22-31(23-26-49)40(53)48(4)36-19-10-11-24-43-36)39(52)46-34(21-20-29-13-6-5-7-14-29)38(51)45-33-18-12-16-30-15-8-9-17-32(30)33/h5-11,13-15,17,19,24,31,33-35H,12,16,18,20-23,25-28H2,1-4H3,(H,44,50)(H,45,51)(H,46,52)(H,47,54)/t33-,34+,35+/m1/s1. The molecule has 12 heteroatoms. The van der Waals surface area contributed by atoms with E-state index in [0.29, 0.717) is 51.1 Å². The van der Waals surface area contributed by atoms with Gasteiger partial charge in [0.05, 0.1) is 12.5 Å². The number of amides is 6. The quantitative estimate of drug-likeness (QED) is 0.200. The summed E-state index contributed by atoms with van der Waals surface area (Å²) < 4.78 is 0. The van der Waals surface area contributed by atoms with Crippen LogP contribution in [0.3, 0.4) is 0 Å². The first kappa shape index (κ1) is 39.9. The predicted octanol–water partition coefficient (Wildman–Crippen LogP) is 4.70. The highest BCUT2D eigenvalue weighted by molar-refractivity contribution is 5.95. The summed E-state index contributed by atoms with van der Waals surface area (Å²) in [6.07, 6.45) is 5.75. The maximum atomic E-state index is 14.1. The molecule has 2 aromatic carbocycles. The molecule has 2 heterocycles. The van der Waals surface area contributed by atoms with E-state index in [2.05, 4.69) is 32.3 Å². The SMILES string of the molecule is CN(C(=O)C1CCN(C(=O)N[C@@H](CC(=O)NCC(C)(C)C)C(=O)N[C@@H](CCc2ccccc2)C(=O)N[C@@H]2CCCc3ccccc32)CC1)c1ccccn1. The summed E-state index contributed by atoms with van der Waals surface area (Å²) in [5.41, 5.74) is 3.12. The first-order valence-electron chi connectivity index (χ1n) is 19.1. The van der Waals surface area contributed by atoms with Crippen LogP contribution in [0.1, 0.15) is 82.0 Å². The minimum absolute atomic E-state index is 0.0712. The Balaban J connectivity index is 1.28. The summed E-state index contributed by atoms with van der Waals surface area (Å²) in [7, 11) is 1.69. The van der Waals surface area contributed by atoms with Crippen LogP contribution in [-0.4, -0.2) is 78.3 Å². The Kier molecular flexibility index (Phi) is 13.8. The fourth-order valence-corrected chi connectivity index (χ4v) is 7.01. The summed E-state index contributed by atoms with van der Waals surface area (Å²) in [6.45, 7) is 6.95. The molecule has 0 spiro atoms. The van der Waals surface area contributed by atoms with Crippen LogP contribution in [-0.2, 0) is 32.0 Å². The highest BCUT2D eigenvalue weighted by Gasteiger charge is 2.34. The molecule has 1 aromatic heterocycles. The van der Waals surface area contributed by atoms with Crippen LogP contribution in [0.25, 0.3) is 0 Å². The lowest BCUT2D eigenvalue weighted by Gasteiger charge is -2.34. The van der Waals surface area contributed by atoms with Crippen LogP contribution in [0.4, 0.5) is 10.6 Å². The first-order valence-corrected chi connectivity index (χ1v) is 19.1. The second-order valence-corrected chi connectivity index (χ2v) is 15.6. The predicted molar refractivity (Wildman–Crippen MR) is 208 cm³/mol. The van der Waals surface area contributed by atoms with E-state index >= 15 is 0 Å². The van der Waals surface area contributed by atoms with Gasteiger partial charge in [-0.05, 0) is 79.2 Å². The number of carbonyl (C=O) groups excluding carboxylic acids is 5. The number of hydrogen-bond donors (Lipinski definition) is 4.